The van der Waals surface area contributed by atoms with Gasteiger partial charge in [-0.3, -0.25) is 0 Å². The molecule has 1 rings (SSSR count). The van der Waals surface area contributed by atoms with Crippen LogP contribution in [0.3, 0.4) is 0 Å². The van der Waals surface area contributed by atoms with Crippen molar-refractivity contribution in [2.24, 2.45) is 11.8 Å². The molecule has 2 heteroatoms. The van der Waals surface area contributed by atoms with E-state index in [0.717, 1.165) is 18.4 Å². The molecule has 102 valence electrons. The Bertz CT molecular complexity index is 189. The number of nitrogens with zero attached hydrogens (tertiary/aromatic N) is 1. The highest BCUT2D eigenvalue weighted by molar-refractivity contribution is 4.81. The van der Waals surface area contributed by atoms with Crippen LogP contribution < -0.4 is 5.32 Å². The van der Waals surface area contributed by atoms with Crippen LogP contribution in [0.15, 0.2) is 0 Å². The summed E-state index contributed by atoms with van der Waals surface area (Å²) in [5.41, 5.74) is 0. The maximum atomic E-state index is 3.67. The van der Waals surface area contributed by atoms with Crippen LogP contribution in [0.1, 0.15) is 53.4 Å². The minimum Gasteiger partial charge on any atom is -0.313 e. The first-order valence-electron chi connectivity index (χ1n) is 7.66. The molecule has 0 aromatic heterocycles. The molecule has 17 heavy (non-hydrogen) atoms. The van der Waals surface area contributed by atoms with E-state index in [-0.39, 0.29) is 0 Å². The third kappa shape index (κ3) is 5.87. The highest BCUT2D eigenvalue weighted by Gasteiger charge is 2.26. The van der Waals surface area contributed by atoms with Gasteiger partial charge in [0.05, 0.1) is 0 Å². The minimum atomic E-state index is 0.676. The first-order valence-corrected chi connectivity index (χ1v) is 7.66. The van der Waals surface area contributed by atoms with Crippen molar-refractivity contribution in [3.05, 3.63) is 0 Å². The summed E-state index contributed by atoms with van der Waals surface area (Å²) in [6.07, 6.45) is 5.50. The van der Waals surface area contributed by atoms with Gasteiger partial charge in [-0.05, 0) is 44.2 Å². The Morgan fingerprint density at radius 3 is 2.41 bits per heavy atom. The summed E-state index contributed by atoms with van der Waals surface area (Å²) in [5, 5.41) is 3.67. The summed E-state index contributed by atoms with van der Waals surface area (Å²) in [7, 11) is 0. The first kappa shape index (κ1) is 15.0. The van der Waals surface area contributed by atoms with Crippen LogP contribution >= 0.6 is 0 Å². The number of hydrogen-bond donors (Lipinski definition) is 1. The van der Waals surface area contributed by atoms with Gasteiger partial charge >= 0.3 is 0 Å². The molecule has 0 bridgehead atoms. The van der Waals surface area contributed by atoms with Crippen LogP contribution in [0, 0.1) is 11.8 Å². The lowest BCUT2D eigenvalue weighted by molar-refractivity contribution is 0.205. The standard InChI is InChI=1S/C15H32N2/c1-5-10-17(11-14-8-9-14)12-15(16-7-3)13(4)6-2/h13-16H,5-12H2,1-4H3. The van der Waals surface area contributed by atoms with E-state index in [1.165, 1.54) is 45.3 Å². The highest BCUT2D eigenvalue weighted by Crippen LogP contribution is 2.30. The van der Waals surface area contributed by atoms with Gasteiger partial charge in [-0.1, -0.05) is 34.1 Å². The van der Waals surface area contributed by atoms with Crippen molar-refractivity contribution in [3.63, 3.8) is 0 Å². The zero-order valence-corrected chi connectivity index (χ0v) is 12.3. The molecule has 0 amide bonds. The summed E-state index contributed by atoms with van der Waals surface area (Å²) < 4.78 is 0. The van der Waals surface area contributed by atoms with Crippen molar-refractivity contribution >= 4 is 0 Å². The van der Waals surface area contributed by atoms with Crippen molar-refractivity contribution in [1.29, 1.82) is 0 Å². The zero-order chi connectivity index (χ0) is 12.7. The van der Waals surface area contributed by atoms with Crippen molar-refractivity contribution < 1.29 is 0 Å². The van der Waals surface area contributed by atoms with Gasteiger partial charge in [0.2, 0.25) is 0 Å². The molecule has 1 N–H and O–H groups in total. The quantitative estimate of drug-likeness (QED) is 0.631. The van der Waals surface area contributed by atoms with Gasteiger partial charge < -0.3 is 10.2 Å². The third-order valence-corrected chi connectivity index (χ3v) is 4.01. The average Bonchev–Trinajstić information content (AvgIpc) is 3.11. The van der Waals surface area contributed by atoms with Gasteiger partial charge in [-0.15, -0.1) is 0 Å². The third-order valence-electron chi connectivity index (χ3n) is 4.01. The molecule has 2 nitrogen and oxygen atoms in total. The van der Waals surface area contributed by atoms with Crippen LogP contribution in [-0.2, 0) is 0 Å². The van der Waals surface area contributed by atoms with Crippen LogP contribution in [-0.4, -0.2) is 37.1 Å². The zero-order valence-electron chi connectivity index (χ0n) is 12.3. The predicted molar refractivity (Wildman–Crippen MR) is 76.4 cm³/mol. The molecule has 0 aliphatic heterocycles. The fourth-order valence-corrected chi connectivity index (χ4v) is 2.51. The van der Waals surface area contributed by atoms with E-state index in [9.17, 15) is 0 Å². The molecule has 0 aromatic carbocycles. The molecule has 0 heterocycles. The Hall–Kier alpha value is -0.0800. The summed E-state index contributed by atoms with van der Waals surface area (Å²) in [4.78, 5) is 2.69. The lowest BCUT2D eigenvalue weighted by atomic mass is 9.98. The molecule has 2 atom stereocenters. The predicted octanol–water partition coefficient (Wildman–Crippen LogP) is 3.13. The van der Waals surface area contributed by atoms with Crippen molar-refractivity contribution in [3.8, 4) is 0 Å². The minimum absolute atomic E-state index is 0.676. The highest BCUT2D eigenvalue weighted by atomic mass is 15.2. The van der Waals surface area contributed by atoms with Crippen LogP contribution in [0.2, 0.25) is 0 Å². The summed E-state index contributed by atoms with van der Waals surface area (Å²) in [6.45, 7) is 14.2. The Kier molecular flexibility index (Phi) is 7.14. The van der Waals surface area contributed by atoms with E-state index >= 15 is 0 Å². The maximum Gasteiger partial charge on any atom is 0.0220 e. The van der Waals surface area contributed by atoms with Gasteiger partial charge in [-0.25, -0.2) is 0 Å². The topological polar surface area (TPSA) is 15.3 Å². The lowest BCUT2D eigenvalue weighted by Gasteiger charge is -2.31. The molecule has 0 saturated heterocycles. The normalized spacial score (nSPS) is 19.6. The largest absolute Gasteiger partial charge is 0.313 e. The summed E-state index contributed by atoms with van der Waals surface area (Å²) in [5.74, 6) is 1.80. The van der Waals surface area contributed by atoms with Gasteiger partial charge in [0.15, 0.2) is 0 Å². The SMILES string of the molecule is CCCN(CC1CC1)CC(NCC)C(C)CC. The molecule has 1 aliphatic carbocycles. The van der Waals surface area contributed by atoms with Gasteiger partial charge in [0.1, 0.15) is 0 Å². The van der Waals surface area contributed by atoms with E-state index < -0.39 is 0 Å². The second-order valence-corrected chi connectivity index (χ2v) is 5.75. The number of rotatable bonds is 10. The van der Waals surface area contributed by atoms with Gasteiger partial charge in [-0.2, -0.15) is 0 Å². The molecule has 0 radical (unpaired) electrons. The van der Waals surface area contributed by atoms with Crippen LogP contribution in [0.5, 0.6) is 0 Å². The Balaban J connectivity index is 2.40. The van der Waals surface area contributed by atoms with Crippen molar-refractivity contribution in [2.45, 2.75) is 59.4 Å². The molecule has 1 fully saturated rings. The van der Waals surface area contributed by atoms with E-state index in [1.807, 2.05) is 0 Å². The summed E-state index contributed by atoms with van der Waals surface area (Å²) >= 11 is 0. The molecule has 1 aliphatic rings. The second kappa shape index (κ2) is 8.10. The monoisotopic (exact) mass is 240 g/mol. The van der Waals surface area contributed by atoms with Gasteiger partial charge in [0, 0.05) is 19.1 Å². The first-order chi connectivity index (χ1) is 8.21. The lowest BCUT2D eigenvalue weighted by Crippen LogP contribution is -2.45. The number of likely N-dealkylation sites (N-methyl/N-ethyl adjacent to an activating group) is 1. The fourth-order valence-electron chi connectivity index (χ4n) is 2.51. The van der Waals surface area contributed by atoms with Crippen LogP contribution in [0.4, 0.5) is 0 Å². The molecular weight excluding hydrogens is 208 g/mol. The van der Waals surface area contributed by atoms with Gasteiger partial charge in [0.25, 0.3) is 0 Å². The molecule has 2 unspecified atom stereocenters. The maximum absolute atomic E-state index is 3.67. The van der Waals surface area contributed by atoms with E-state index in [4.69, 9.17) is 0 Å². The van der Waals surface area contributed by atoms with E-state index in [2.05, 4.69) is 37.9 Å². The smallest absolute Gasteiger partial charge is 0.0220 e. The Morgan fingerprint density at radius 1 is 1.24 bits per heavy atom. The average molecular weight is 240 g/mol. The summed E-state index contributed by atoms with van der Waals surface area (Å²) in [6, 6.07) is 0.676. The Morgan fingerprint density at radius 2 is 1.94 bits per heavy atom. The van der Waals surface area contributed by atoms with Crippen molar-refractivity contribution in [1.82, 2.24) is 10.2 Å². The van der Waals surface area contributed by atoms with Crippen LogP contribution in [0.25, 0.3) is 0 Å². The molecular formula is C15H32N2. The van der Waals surface area contributed by atoms with E-state index in [0.29, 0.717) is 6.04 Å². The number of hydrogen-bond acceptors (Lipinski definition) is 2. The Labute approximate surface area is 108 Å². The second-order valence-electron chi connectivity index (χ2n) is 5.75. The molecule has 0 spiro atoms. The van der Waals surface area contributed by atoms with Crippen molar-refractivity contribution in [2.75, 3.05) is 26.2 Å². The number of nitrogens with one attached hydrogen (secondary N) is 1. The molecule has 1 saturated carbocycles. The fraction of sp³-hybridized carbons (Fsp3) is 1.00. The molecule has 0 aromatic rings. The van der Waals surface area contributed by atoms with E-state index in [1.54, 1.807) is 0 Å².